The Kier molecular flexibility index (Phi) is 6.27. The van der Waals surface area contributed by atoms with Crippen LogP contribution in [0.5, 0.6) is 0 Å². The molecule has 0 bridgehead atoms. The van der Waals surface area contributed by atoms with Crippen LogP contribution in [-0.4, -0.2) is 25.8 Å². The number of benzene rings is 1. The number of hydrogen-bond acceptors (Lipinski definition) is 2. The summed E-state index contributed by atoms with van der Waals surface area (Å²) in [6.07, 6.45) is 4.10. The Morgan fingerprint density at radius 2 is 2.35 bits per heavy atom. The summed E-state index contributed by atoms with van der Waals surface area (Å²) in [6, 6.07) is 4.89. The lowest BCUT2D eigenvalue weighted by Crippen LogP contribution is -2.42. The Bertz CT molecular complexity index is 421. The summed E-state index contributed by atoms with van der Waals surface area (Å²) in [5.74, 6) is 0.258. The first-order chi connectivity index (χ1) is 9.70. The van der Waals surface area contributed by atoms with Crippen molar-refractivity contribution in [2.75, 3.05) is 19.8 Å². The topological polar surface area (TPSA) is 21.3 Å². The number of ether oxygens (including phenoxy) is 1. The van der Waals surface area contributed by atoms with E-state index in [0.29, 0.717) is 17.0 Å². The van der Waals surface area contributed by atoms with Crippen LogP contribution in [0.3, 0.4) is 0 Å². The van der Waals surface area contributed by atoms with Gasteiger partial charge in [0.1, 0.15) is 5.82 Å². The molecule has 1 fully saturated rings. The van der Waals surface area contributed by atoms with Crippen molar-refractivity contribution in [3.05, 3.63) is 34.6 Å². The Morgan fingerprint density at radius 1 is 1.50 bits per heavy atom. The molecule has 0 spiro atoms. The van der Waals surface area contributed by atoms with Gasteiger partial charge < -0.3 is 10.1 Å². The average Bonchev–Trinajstić information content (AvgIpc) is 2.48. The van der Waals surface area contributed by atoms with Gasteiger partial charge in [0.05, 0.1) is 6.61 Å². The second-order valence-electron chi connectivity index (χ2n) is 5.48. The first-order valence-corrected chi connectivity index (χ1v) is 7.83. The minimum absolute atomic E-state index is 0.224. The second kappa shape index (κ2) is 7.96. The molecule has 1 aliphatic heterocycles. The van der Waals surface area contributed by atoms with E-state index in [0.717, 1.165) is 51.0 Å². The van der Waals surface area contributed by atoms with Gasteiger partial charge in [0, 0.05) is 17.7 Å². The Balaban J connectivity index is 2.07. The molecule has 1 saturated heterocycles. The van der Waals surface area contributed by atoms with E-state index in [4.69, 9.17) is 16.3 Å². The summed E-state index contributed by atoms with van der Waals surface area (Å²) in [6.45, 7) is 4.76. The van der Waals surface area contributed by atoms with E-state index in [-0.39, 0.29) is 5.82 Å². The lowest BCUT2D eigenvalue weighted by molar-refractivity contribution is 0.0393. The normalized spacial score (nSPS) is 20.9. The molecule has 1 aliphatic rings. The van der Waals surface area contributed by atoms with Gasteiger partial charge in [-0.2, -0.15) is 0 Å². The molecule has 1 N–H and O–H groups in total. The van der Waals surface area contributed by atoms with E-state index in [1.807, 2.05) is 0 Å². The van der Waals surface area contributed by atoms with Gasteiger partial charge in [0.25, 0.3) is 0 Å². The van der Waals surface area contributed by atoms with E-state index in [1.165, 1.54) is 6.07 Å². The van der Waals surface area contributed by atoms with Gasteiger partial charge in [-0.3, -0.25) is 0 Å². The summed E-state index contributed by atoms with van der Waals surface area (Å²) in [5, 5.41) is 4.22. The molecule has 20 heavy (non-hydrogen) atoms. The molecule has 0 saturated carbocycles. The maximum Gasteiger partial charge on any atom is 0.123 e. The summed E-state index contributed by atoms with van der Waals surface area (Å²) in [5.41, 5.74) is 0.880. The molecule has 1 heterocycles. The molecule has 2 rings (SSSR count). The zero-order chi connectivity index (χ0) is 14.4. The fourth-order valence-corrected chi connectivity index (χ4v) is 2.95. The number of rotatable bonds is 6. The third-order valence-corrected chi connectivity index (χ3v) is 4.24. The van der Waals surface area contributed by atoms with Crippen LogP contribution in [-0.2, 0) is 11.2 Å². The monoisotopic (exact) mass is 299 g/mol. The molecule has 0 aromatic heterocycles. The smallest absolute Gasteiger partial charge is 0.123 e. The minimum Gasteiger partial charge on any atom is -0.381 e. The molecule has 0 amide bonds. The fraction of sp³-hybridized carbons (Fsp3) is 0.625. The molecule has 1 aromatic carbocycles. The molecule has 1 aromatic rings. The van der Waals surface area contributed by atoms with Crippen LogP contribution >= 0.6 is 11.6 Å². The largest absolute Gasteiger partial charge is 0.381 e. The molecule has 4 heteroatoms. The van der Waals surface area contributed by atoms with Crippen LogP contribution in [0.15, 0.2) is 18.2 Å². The lowest BCUT2D eigenvalue weighted by Gasteiger charge is -2.31. The van der Waals surface area contributed by atoms with E-state index in [2.05, 4.69) is 12.2 Å². The van der Waals surface area contributed by atoms with Crippen molar-refractivity contribution in [2.24, 2.45) is 5.92 Å². The van der Waals surface area contributed by atoms with E-state index in [9.17, 15) is 4.39 Å². The number of nitrogens with one attached hydrogen (secondary N) is 1. The van der Waals surface area contributed by atoms with Crippen LogP contribution in [0, 0.1) is 11.7 Å². The average molecular weight is 300 g/mol. The summed E-state index contributed by atoms with van der Waals surface area (Å²) < 4.78 is 19.0. The van der Waals surface area contributed by atoms with Crippen molar-refractivity contribution in [3.63, 3.8) is 0 Å². The second-order valence-corrected chi connectivity index (χ2v) is 5.88. The van der Waals surface area contributed by atoms with Crippen molar-refractivity contribution in [2.45, 2.75) is 38.6 Å². The Hall–Kier alpha value is -0.640. The van der Waals surface area contributed by atoms with Crippen LogP contribution < -0.4 is 5.32 Å². The van der Waals surface area contributed by atoms with Crippen molar-refractivity contribution < 1.29 is 9.13 Å². The van der Waals surface area contributed by atoms with Gasteiger partial charge >= 0.3 is 0 Å². The van der Waals surface area contributed by atoms with Gasteiger partial charge in [-0.25, -0.2) is 4.39 Å². The molecule has 112 valence electrons. The SMILES string of the molecule is CCCNC(Cc1cc(F)ccc1Cl)C1CCCOC1. The van der Waals surface area contributed by atoms with Crippen LogP contribution in [0.25, 0.3) is 0 Å². The van der Waals surface area contributed by atoms with Gasteiger partial charge in [-0.05, 0) is 61.9 Å². The molecular weight excluding hydrogens is 277 g/mol. The molecule has 0 aliphatic carbocycles. The molecule has 2 atom stereocenters. The first kappa shape index (κ1) is 15.7. The van der Waals surface area contributed by atoms with E-state index in [1.54, 1.807) is 12.1 Å². The minimum atomic E-state index is -0.224. The van der Waals surface area contributed by atoms with E-state index >= 15 is 0 Å². The van der Waals surface area contributed by atoms with Crippen LogP contribution in [0.1, 0.15) is 31.7 Å². The van der Waals surface area contributed by atoms with Crippen LogP contribution in [0.2, 0.25) is 5.02 Å². The van der Waals surface area contributed by atoms with E-state index < -0.39 is 0 Å². The van der Waals surface area contributed by atoms with Crippen molar-refractivity contribution in [1.29, 1.82) is 0 Å². The summed E-state index contributed by atoms with van der Waals surface area (Å²) in [4.78, 5) is 0. The van der Waals surface area contributed by atoms with Crippen LogP contribution in [0.4, 0.5) is 4.39 Å². The highest BCUT2D eigenvalue weighted by Crippen LogP contribution is 2.24. The Labute approximate surface area is 125 Å². The highest BCUT2D eigenvalue weighted by atomic mass is 35.5. The van der Waals surface area contributed by atoms with Crippen molar-refractivity contribution >= 4 is 11.6 Å². The van der Waals surface area contributed by atoms with Crippen molar-refractivity contribution in [3.8, 4) is 0 Å². The quantitative estimate of drug-likeness (QED) is 0.862. The predicted molar refractivity (Wildman–Crippen MR) is 80.7 cm³/mol. The maximum atomic E-state index is 13.4. The third-order valence-electron chi connectivity index (χ3n) is 3.87. The third kappa shape index (κ3) is 4.44. The number of hydrogen-bond donors (Lipinski definition) is 1. The molecule has 2 nitrogen and oxygen atoms in total. The zero-order valence-electron chi connectivity index (χ0n) is 12.0. The first-order valence-electron chi connectivity index (χ1n) is 7.45. The highest BCUT2D eigenvalue weighted by Gasteiger charge is 2.24. The van der Waals surface area contributed by atoms with Gasteiger partial charge in [0.15, 0.2) is 0 Å². The predicted octanol–water partition coefficient (Wildman–Crippen LogP) is 3.82. The standard InChI is InChI=1S/C16H23ClFNO/c1-2-7-19-16(12-4-3-8-20-11-12)10-13-9-14(18)5-6-15(13)17/h5-6,9,12,16,19H,2-4,7-8,10-11H2,1H3. The van der Waals surface area contributed by atoms with Crippen molar-refractivity contribution in [1.82, 2.24) is 5.32 Å². The molecular formula is C16H23ClFNO. The van der Waals surface area contributed by atoms with Gasteiger partial charge in [-0.15, -0.1) is 0 Å². The van der Waals surface area contributed by atoms with Gasteiger partial charge in [0.2, 0.25) is 0 Å². The summed E-state index contributed by atoms with van der Waals surface area (Å²) in [7, 11) is 0. The number of halogens is 2. The highest BCUT2D eigenvalue weighted by molar-refractivity contribution is 6.31. The summed E-state index contributed by atoms with van der Waals surface area (Å²) >= 11 is 6.19. The molecule has 2 unspecified atom stereocenters. The lowest BCUT2D eigenvalue weighted by atomic mass is 9.89. The fourth-order valence-electron chi connectivity index (χ4n) is 2.75. The van der Waals surface area contributed by atoms with Gasteiger partial charge in [-0.1, -0.05) is 18.5 Å². The maximum absolute atomic E-state index is 13.4. The Morgan fingerprint density at radius 3 is 3.05 bits per heavy atom. The zero-order valence-corrected chi connectivity index (χ0v) is 12.8. The molecule has 0 radical (unpaired) electrons.